The smallest absolute Gasteiger partial charge is 0.186 e. The van der Waals surface area contributed by atoms with Gasteiger partial charge in [0.05, 0.1) is 18.8 Å². The minimum Gasteiger partial charge on any atom is -0.394 e. The van der Waals surface area contributed by atoms with Crippen molar-refractivity contribution in [2.75, 3.05) is 13.2 Å². The summed E-state index contributed by atoms with van der Waals surface area (Å²) in [7, 11) is 0. The molecule has 6 rings (SSSR count). The molecule has 0 spiro atoms. The summed E-state index contributed by atoms with van der Waals surface area (Å²) in [6.45, 7) is 1.75. The minimum absolute atomic E-state index is 0.226. The minimum atomic E-state index is -1.40. The fourth-order valence-electron chi connectivity index (χ4n) is 4.05. The van der Waals surface area contributed by atoms with Gasteiger partial charge in [-0.25, -0.2) is 0 Å². The van der Waals surface area contributed by atoms with Gasteiger partial charge in [0.2, 0.25) is 0 Å². The van der Waals surface area contributed by atoms with Crippen molar-refractivity contribution in [2.45, 2.75) is 87.9 Å². The normalized spacial score (nSPS) is 50.5. The standard InChI is InChI=1S/C17H30O9/c1-2-9-8-5-3-4-6-23-16-14(22)12(20)15(10(7-18)25-16)26-17(24-9)13(21)11(8)19/h8-22H,2-7H2,1H3/t8?,9?,10?,11-,12+,13?,14?,15?,16-,17+/m0/s1. The van der Waals surface area contributed by atoms with Crippen LogP contribution in [-0.2, 0) is 18.9 Å². The monoisotopic (exact) mass is 378 g/mol. The van der Waals surface area contributed by atoms with E-state index in [1.165, 1.54) is 0 Å². The van der Waals surface area contributed by atoms with Crippen molar-refractivity contribution >= 4 is 0 Å². The average Bonchev–Trinajstić information content (AvgIpc) is 2.64. The second-order valence-electron chi connectivity index (χ2n) is 7.27. The number of aliphatic hydroxyl groups is 5. The molecule has 0 aliphatic carbocycles. The van der Waals surface area contributed by atoms with Crippen LogP contribution in [0, 0.1) is 5.92 Å². The summed E-state index contributed by atoms with van der Waals surface area (Å²) in [6, 6.07) is 0. The highest BCUT2D eigenvalue weighted by Gasteiger charge is 2.50. The molecule has 6 aliphatic rings. The highest BCUT2D eigenvalue weighted by molar-refractivity contribution is 4.94. The molecule has 152 valence electrons. The molecular weight excluding hydrogens is 348 g/mol. The van der Waals surface area contributed by atoms with E-state index < -0.39 is 55.8 Å². The van der Waals surface area contributed by atoms with E-state index in [0.29, 0.717) is 25.9 Å². The van der Waals surface area contributed by atoms with Gasteiger partial charge in [-0.2, -0.15) is 0 Å². The summed E-state index contributed by atoms with van der Waals surface area (Å²) in [5.74, 6) is -0.226. The molecule has 10 atom stereocenters. The predicted molar refractivity (Wildman–Crippen MR) is 86.9 cm³/mol. The van der Waals surface area contributed by atoms with Crippen molar-refractivity contribution in [3.05, 3.63) is 0 Å². The SMILES string of the molecule is CCC1O[C@@H]2OC3C(CO)O[C@H](OCCCCC1[C@H](O)C2O)C(O)[C@H]3O. The lowest BCUT2D eigenvalue weighted by atomic mass is 9.83. The Bertz CT molecular complexity index is 446. The van der Waals surface area contributed by atoms with Crippen LogP contribution < -0.4 is 0 Å². The van der Waals surface area contributed by atoms with Crippen molar-refractivity contribution in [1.29, 1.82) is 0 Å². The molecule has 0 aromatic rings. The summed E-state index contributed by atoms with van der Waals surface area (Å²) in [5.41, 5.74) is 0. The highest BCUT2D eigenvalue weighted by Crippen LogP contribution is 2.35. The first-order chi connectivity index (χ1) is 12.5. The van der Waals surface area contributed by atoms with E-state index in [1.807, 2.05) is 6.92 Å². The van der Waals surface area contributed by atoms with Crippen molar-refractivity contribution in [1.82, 2.24) is 0 Å². The first-order valence-corrected chi connectivity index (χ1v) is 9.39. The lowest BCUT2D eigenvalue weighted by molar-refractivity contribution is -0.356. The molecule has 6 saturated heterocycles. The Morgan fingerprint density at radius 2 is 1.50 bits per heavy atom. The zero-order valence-corrected chi connectivity index (χ0v) is 14.9. The third kappa shape index (κ3) is 3.91. The lowest BCUT2D eigenvalue weighted by Gasteiger charge is -2.47. The van der Waals surface area contributed by atoms with Crippen molar-refractivity contribution in [3.63, 3.8) is 0 Å². The quantitative estimate of drug-likeness (QED) is 0.388. The summed E-state index contributed by atoms with van der Waals surface area (Å²) < 4.78 is 22.6. The molecule has 9 nitrogen and oxygen atoms in total. The molecule has 6 heterocycles. The Labute approximate surface area is 152 Å². The Hall–Kier alpha value is -0.360. The van der Waals surface area contributed by atoms with Crippen LogP contribution in [-0.4, -0.2) is 94.1 Å². The summed E-state index contributed by atoms with van der Waals surface area (Å²) >= 11 is 0. The molecule has 26 heavy (non-hydrogen) atoms. The maximum absolute atomic E-state index is 10.6. The van der Waals surface area contributed by atoms with E-state index in [-0.39, 0.29) is 12.0 Å². The van der Waals surface area contributed by atoms with Crippen molar-refractivity contribution in [2.24, 2.45) is 5.92 Å². The van der Waals surface area contributed by atoms with E-state index in [0.717, 1.165) is 6.42 Å². The molecule has 6 unspecified atom stereocenters. The molecule has 0 aromatic carbocycles. The number of aliphatic hydroxyl groups excluding tert-OH is 5. The van der Waals surface area contributed by atoms with Gasteiger partial charge in [0, 0.05) is 12.5 Å². The number of rotatable bonds is 2. The van der Waals surface area contributed by atoms with Gasteiger partial charge in [0.25, 0.3) is 0 Å². The van der Waals surface area contributed by atoms with E-state index in [1.54, 1.807) is 0 Å². The fraction of sp³-hybridized carbons (Fsp3) is 1.00. The van der Waals surface area contributed by atoms with Gasteiger partial charge in [-0.05, 0) is 19.3 Å². The van der Waals surface area contributed by atoms with E-state index in [2.05, 4.69) is 0 Å². The molecule has 0 saturated carbocycles. The molecule has 6 aliphatic heterocycles. The maximum Gasteiger partial charge on any atom is 0.186 e. The Kier molecular flexibility index (Phi) is 6.87. The van der Waals surface area contributed by atoms with Gasteiger partial charge in [-0.15, -0.1) is 0 Å². The van der Waals surface area contributed by atoms with Gasteiger partial charge < -0.3 is 44.5 Å². The van der Waals surface area contributed by atoms with Gasteiger partial charge in [0.15, 0.2) is 12.6 Å². The molecular formula is C17H30O9. The van der Waals surface area contributed by atoms with Gasteiger partial charge >= 0.3 is 0 Å². The van der Waals surface area contributed by atoms with Crippen molar-refractivity contribution in [3.8, 4) is 0 Å². The van der Waals surface area contributed by atoms with Crippen LogP contribution in [0.2, 0.25) is 0 Å². The third-order valence-corrected chi connectivity index (χ3v) is 5.58. The van der Waals surface area contributed by atoms with E-state index in [9.17, 15) is 25.5 Å². The van der Waals surface area contributed by atoms with E-state index in [4.69, 9.17) is 18.9 Å². The third-order valence-electron chi connectivity index (χ3n) is 5.58. The Morgan fingerprint density at radius 3 is 2.19 bits per heavy atom. The maximum atomic E-state index is 10.6. The van der Waals surface area contributed by atoms with Crippen molar-refractivity contribution < 1.29 is 44.5 Å². The second-order valence-corrected chi connectivity index (χ2v) is 7.27. The summed E-state index contributed by atoms with van der Waals surface area (Å²) in [6.07, 6.45) is -7.11. The van der Waals surface area contributed by atoms with Crippen LogP contribution in [0.1, 0.15) is 32.6 Å². The van der Waals surface area contributed by atoms with Crippen LogP contribution in [0.15, 0.2) is 0 Å². The van der Waals surface area contributed by atoms with Gasteiger partial charge in [-0.1, -0.05) is 13.3 Å². The average molecular weight is 378 g/mol. The number of hydrogen-bond donors (Lipinski definition) is 5. The molecule has 0 radical (unpaired) electrons. The van der Waals surface area contributed by atoms with Crippen LogP contribution in [0.4, 0.5) is 0 Å². The first-order valence-electron chi connectivity index (χ1n) is 9.39. The topological polar surface area (TPSA) is 138 Å². The van der Waals surface area contributed by atoms with Gasteiger partial charge in [-0.3, -0.25) is 0 Å². The molecule has 0 amide bonds. The van der Waals surface area contributed by atoms with Crippen LogP contribution in [0.5, 0.6) is 0 Å². The van der Waals surface area contributed by atoms with Crippen LogP contribution in [0.25, 0.3) is 0 Å². The van der Waals surface area contributed by atoms with Crippen LogP contribution >= 0.6 is 0 Å². The van der Waals surface area contributed by atoms with Gasteiger partial charge in [0.1, 0.15) is 30.5 Å². The zero-order valence-electron chi connectivity index (χ0n) is 14.9. The largest absolute Gasteiger partial charge is 0.394 e. The Balaban J connectivity index is 1.87. The predicted octanol–water partition coefficient (Wildman–Crippen LogP) is -1.52. The lowest BCUT2D eigenvalue weighted by Crippen LogP contribution is -2.63. The second kappa shape index (κ2) is 8.76. The van der Waals surface area contributed by atoms with Crippen LogP contribution in [0.3, 0.4) is 0 Å². The Morgan fingerprint density at radius 1 is 0.808 bits per heavy atom. The molecule has 6 fully saturated rings. The molecule has 9 heteroatoms. The summed E-state index contributed by atoms with van der Waals surface area (Å²) in [5, 5.41) is 51.3. The molecule has 4 bridgehead atoms. The molecule has 0 aromatic heterocycles. The zero-order chi connectivity index (χ0) is 18.8. The number of hydrogen-bond acceptors (Lipinski definition) is 9. The summed E-state index contributed by atoms with van der Waals surface area (Å²) in [4.78, 5) is 0. The fourth-order valence-corrected chi connectivity index (χ4v) is 4.05. The molecule has 5 N–H and O–H groups in total. The highest BCUT2D eigenvalue weighted by atomic mass is 16.7. The number of ether oxygens (including phenoxy) is 4. The first kappa shape index (κ1) is 20.4. The van der Waals surface area contributed by atoms with E-state index >= 15 is 0 Å².